The lowest BCUT2D eigenvalue weighted by Crippen LogP contribution is -2.23. The molecule has 4 aromatic rings. The van der Waals surface area contributed by atoms with Crippen LogP contribution in [0, 0.1) is 8.34 Å². The number of methoxy groups -OCH3 is 1. The van der Waals surface area contributed by atoms with Crippen molar-refractivity contribution in [1.82, 2.24) is 9.13 Å². The average Bonchev–Trinajstić information content (AvgIpc) is 2.81. The molecule has 33 heavy (non-hydrogen) atoms. The van der Waals surface area contributed by atoms with Crippen molar-refractivity contribution in [3.05, 3.63) is 96.5 Å². The van der Waals surface area contributed by atoms with Crippen LogP contribution in [-0.4, -0.2) is 21.4 Å². The highest BCUT2D eigenvalue weighted by atomic mass is 127. The highest BCUT2D eigenvalue weighted by Gasteiger charge is 2.21. The third-order valence-electron chi connectivity index (χ3n) is 4.73. The summed E-state index contributed by atoms with van der Waals surface area (Å²) in [5, 5.41) is 19.6. The molecular formula is C23H16ClIN4O3S. The van der Waals surface area contributed by atoms with Crippen LogP contribution >= 0.6 is 46.4 Å². The summed E-state index contributed by atoms with van der Waals surface area (Å²) in [5.74, 6) is -0.0160. The fourth-order valence-electron chi connectivity index (χ4n) is 3.16. The van der Waals surface area contributed by atoms with E-state index in [-0.39, 0.29) is 10.5 Å². The minimum absolute atomic E-state index is 0.0416. The second kappa shape index (κ2) is 9.86. The number of rotatable bonds is 5. The van der Waals surface area contributed by atoms with Gasteiger partial charge in [-0.1, -0.05) is 35.9 Å². The fraction of sp³-hybridized carbons (Fsp3) is 0.0435. The van der Waals surface area contributed by atoms with Gasteiger partial charge in [0, 0.05) is 3.57 Å². The summed E-state index contributed by atoms with van der Waals surface area (Å²) in [7, 11) is 1.51. The third-order valence-corrected chi connectivity index (χ3v) is 6.14. The molecule has 0 aliphatic rings. The molecule has 0 saturated heterocycles. The van der Waals surface area contributed by atoms with Crippen molar-refractivity contribution in [3.8, 4) is 23.0 Å². The average molecular weight is 591 g/mol. The Bertz CT molecular complexity index is 1480. The summed E-state index contributed by atoms with van der Waals surface area (Å²) < 4.78 is 9.10. The lowest BCUT2D eigenvalue weighted by molar-refractivity contribution is 0.402. The number of hydrogen-bond donors (Lipinski definition) is 1. The van der Waals surface area contributed by atoms with Crippen LogP contribution in [0.3, 0.4) is 0 Å². The van der Waals surface area contributed by atoms with Gasteiger partial charge in [-0.3, -0.25) is 13.9 Å². The topological polar surface area (TPSA) is 81.1 Å². The van der Waals surface area contributed by atoms with Crippen LogP contribution in [0.25, 0.3) is 11.4 Å². The molecule has 0 spiro atoms. The van der Waals surface area contributed by atoms with Crippen LogP contribution in [0.4, 0.5) is 11.4 Å². The minimum atomic E-state index is -0.624. The van der Waals surface area contributed by atoms with Gasteiger partial charge in [0.05, 0.1) is 23.5 Å². The molecule has 1 aromatic heterocycles. The maximum absolute atomic E-state index is 13.4. The van der Waals surface area contributed by atoms with E-state index in [0.717, 1.165) is 3.57 Å². The van der Waals surface area contributed by atoms with Crippen molar-refractivity contribution in [2.24, 2.45) is 10.2 Å². The molecule has 0 radical (unpaired) electrons. The number of azo groups is 1. The highest BCUT2D eigenvalue weighted by Crippen LogP contribution is 2.33. The maximum Gasteiger partial charge on any atom is 0.290 e. The van der Waals surface area contributed by atoms with Crippen LogP contribution in [0.5, 0.6) is 11.6 Å². The lowest BCUT2D eigenvalue weighted by atomic mass is 10.2. The van der Waals surface area contributed by atoms with Crippen molar-refractivity contribution >= 4 is 57.8 Å². The predicted octanol–water partition coefficient (Wildman–Crippen LogP) is 6.75. The van der Waals surface area contributed by atoms with Gasteiger partial charge in [-0.15, -0.1) is 10.2 Å². The van der Waals surface area contributed by atoms with Gasteiger partial charge in [-0.25, -0.2) is 0 Å². The van der Waals surface area contributed by atoms with Gasteiger partial charge < -0.3 is 9.84 Å². The number of nitrogens with zero attached hydrogens (tertiary/aromatic N) is 4. The Morgan fingerprint density at radius 3 is 2.33 bits per heavy atom. The molecule has 0 amide bonds. The Morgan fingerprint density at radius 1 is 0.970 bits per heavy atom. The molecule has 4 rings (SSSR count). The summed E-state index contributed by atoms with van der Waals surface area (Å²) in [4.78, 5) is 13.4. The fourth-order valence-corrected chi connectivity index (χ4v) is 4.06. The third kappa shape index (κ3) is 4.56. The van der Waals surface area contributed by atoms with Gasteiger partial charge >= 0.3 is 0 Å². The molecule has 0 atom stereocenters. The van der Waals surface area contributed by atoms with Gasteiger partial charge in [-0.2, -0.15) is 0 Å². The van der Waals surface area contributed by atoms with Gasteiger partial charge in [0.1, 0.15) is 11.4 Å². The Kier molecular flexibility index (Phi) is 6.91. The Balaban J connectivity index is 2.05. The number of para-hydroxylation sites is 2. The van der Waals surface area contributed by atoms with Crippen molar-refractivity contribution in [1.29, 1.82) is 0 Å². The molecular weight excluding hydrogens is 575 g/mol. The molecule has 1 N–H and O–H groups in total. The molecule has 3 aromatic carbocycles. The van der Waals surface area contributed by atoms with E-state index in [1.165, 1.54) is 16.2 Å². The maximum atomic E-state index is 13.4. The minimum Gasteiger partial charge on any atom is -0.495 e. The van der Waals surface area contributed by atoms with E-state index in [9.17, 15) is 9.90 Å². The van der Waals surface area contributed by atoms with Crippen LogP contribution in [-0.2, 0) is 0 Å². The first-order chi connectivity index (χ1) is 15.9. The van der Waals surface area contributed by atoms with Gasteiger partial charge in [0.15, 0.2) is 4.77 Å². The first-order valence-electron chi connectivity index (χ1n) is 9.59. The van der Waals surface area contributed by atoms with Crippen LogP contribution < -0.4 is 10.3 Å². The van der Waals surface area contributed by atoms with E-state index >= 15 is 0 Å². The zero-order valence-corrected chi connectivity index (χ0v) is 20.9. The van der Waals surface area contributed by atoms with Crippen molar-refractivity contribution < 1.29 is 9.84 Å². The summed E-state index contributed by atoms with van der Waals surface area (Å²) >= 11 is 14.0. The van der Waals surface area contributed by atoms with Gasteiger partial charge in [0.25, 0.3) is 5.56 Å². The highest BCUT2D eigenvalue weighted by molar-refractivity contribution is 14.1. The summed E-state index contributed by atoms with van der Waals surface area (Å²) in [6, 6.07) is 21.0. The smallest absolute Gasteiger partial charge is 0.290 e. The molecule has 0 aliphatic carbocycles. The lowest BCUT2D eigenvalue weighted by Gasteiger charge is -2.17. The van der Waals surface area contributed by atoms with E-state index in [0.29, 0.717) is 27.8 Å². The zero-order valence-electron chi connectivity index (χ0n) is 17.1. The zero-order chi connectivity index (χ0) is 23.5. The molecule has 0 aliphatic heterocycles. The van der Waals surface area contributed by atoms with Gasteiger partial charge in [-0.05, 0) is 83.3 Å². The summed E-state index contributed by atoms with van der Waals surface area (Å²) in [6.45, 7) is 0. The number of aromatic nitrogens is 2. The second-order valence-electron chi connectivity index (χ2n) is 6.73. The van der Waals surface area contributed by atoms with E-state index in [1.807, 2.05) is 12.1 Å². The second-order valence-corrected chi connectivity index (χ2v) is 8.75. The molecule has 0 fully saturated rings. The summed E-state index contributed by atoms with van der Waals surface area (Å²) in [6.07, 6.45) is 0. The Hall–Kier alpha value is -3.02. The van der Waals surface area contributed by atoms with E-state index < -0.39 is 11.4 Å². The van der Waals surface area contributed by atoms with E-state index in [1.54, 1.807) is 60.7 Å². The monoisotopic (exact) mass is 590 g/mol. The Labute approximate surface area is 212 Å². The molecule has 0 saturated carbocycles. The Morgan fingerprint density at radius 2 is 1.64 bits per heavy atom. The molecule has 166 valence electrons. The van der Waals surface area contributed by atoms with Crippen LogP contribution in [0.2, 0.25) is 5.02 Å². The van der Waals surface area contributed by atoms with Crippen molar-refractivity contribution in [3.63, 3.8) is 0 Å². The van der Waals surface area contributed by atoms with Crippen molar-refractivity contribution in [2.45, 2.75) is 0 Å². The van der Waals surface area contributed by atoms with Gasteiger partial charge in [0.2, 0.25) is 11.6 Å². The quantitative estimate of drug-likeness (QED) is 0.158. The van der Waals surface area contributed by atoms with Crippen LogP contribution in [0.1, 0.15) is 0 Å². The summed E-state index contributed by atoms with van der Waals surface area (Å²) in [5.41, 5.74) is 0.387. The first kappa shape index (κ1) is 23.1. The SMILES string of the molecule is COc1ccccc1-n1c(O)c(N=Nc2ccccc2Cl)c(=O)n(-c2ccc(I)cc2)c1=S. The molecule has 1 heterocycles. The number of aromatic hydroxyl groups is 1. The normalized spacial score (nSPS) is 11.1. The molecule has 0 unspecified atom stereocenters. The molecule has 7 nitrogen and oxygen atoms in total. The van der Waals surface area contributed by atoms with E-state index in [4.69, 9.17) is 28.6 Å². The standard InChI is InChI=1S/C23H16ClIN4O3S/c1-32-19-9-5-4-8-18(19)29-22(31)20(27-26-17-7-3-2-6-16(17)24)21(30)28(23(29)33)15-12-10-14(25)11-13-15/h2-13,31H,1H3. The number of halogens is 2. The number of hydrogen-bond acceptors (Lipinski definition) is 6. The van der Waals surface area contributed by atoms with Crippen LogP contribution in [0.15, 0.2) is 87.8 Å². The van der Waals surface area contributed by atoms with Crippen molar-refractivity contribution in [2.75, 3.05) is 7.11 Å². The predicted molar refractivity (Wildman–Crippen MR) is 139 cm³/mol. The first-order valence-corrected chi connectivity index (χ1v) is 11.5. The largest absolute Gasteiger partial charge is 0.495 e. The molecule has 10 heteroatoms. The van der Waals surface area contributed by atoms with E-state index in [2.05, 4.69) is 32.8 Å². The number of benzene rings is 3. The molecule has 0 bridgehead atoms. The number of ether oxygens (including phenoxy) is 1.